The number of aromatic nitrogens is 3. The lowest BCUT2D eigenvalue weighted by atomic mass is 10.1. The molecule has 1 unspecified atom stereocenters. The summed E-state index contributed by atoms with van der Waals surface area (Å²) in [5.41, 5.74) is 1.08. The maximum Gasteiger partial charge on any atom is 0.0947 e. The zero-order chi connectivity index (χ0) is 11.4. The quantitative estimate of drug-likeness (QED) is 0.860. The molecule has 5 heteroatoms. The van der Waals surface area contributed by atoms with Gasteiger partial charge >= 0.3 is 0 Å². The van der Waals surface area contributed by atoms with Gasteiger partial charge in [-0.1, -0.05) is 6.92 Å². The first-order chi connectivity index (χ1) is 7.79. The maximum absolute atomic E-state index is 4.39. The van der Waals surface area contributed by atoms with E-state index in [4.69, 9.17) is 0 Å². The van der Waals surface area contributed by atoms with Crippen molar-refractivity contribution in [2.75, 3.05) is 6.54 Å². The van der Waals surface area contributed by atoms with Crippen LogP contribution in [0.25, 0.3) is 0 Å². The Labute approximate surface area is 99.4 Å². The average molecular weight is 236 g/mol. The van der Waals surface area contributed by atoms with Gasteiger partial charge in [0.25, 0.3) is 0 Å². The summed E-state index contributed by atoms with van der Waals surface area (Å²) in [6, 6.07) is 0.261. The Bertz CT molecular complexity index is 421. The van der Waals surface area contributed by atoms with E-state index in [1.807, 2.05) is 29.5 Å². The van der Waals surface area contributed by atoms with E-state index in [1.54, 1.807) is 11.3 Å². The number of nitrogens with zero attached hydrogens (tertiary/aromatic N) is 3. The molecule has 86 valence electrons. The Morgan fingerprint density at radius 1 is 1.50 bits per heavy atom. The highest BCUT2D eigenvalue weighted by atomic mass is 32.1. The van der Waals surface area contributed by atoms with Crippen LogP contribution in [-0.2, 0) is 13.5 Å². The third-order valence-electron chi connectivity index (χ3n) is 2.39. The van der Waals surface area contributed by atoms with E-state index in [-0.39, 0.29) is 6.04 Å². The predicted octanol–water partition coefficient (Wildman–Crippen LogP) is 1.77. The van der Waals surface area contributed by atoms with Crippen molar-refractivity contribution in [3.8, 4) is 0 Å². The van der Waals surface area contributed by atoms with E-state index in [0.29, 0.717) is 0 Å². The van der Waals surface area contributed by atoms with Crippen LogP contribution in [-0.4, -0.2) is 21.1 Å². The van der Waals surface area contributed by atoms with Crippen LogP contribution in [0.2, 0.25) is 0 Å². The standard InChI is InChI=1S/C11H16N4S/c1-3-12-9(6-11-13-4-5-16-11)10-7-15(2)8-14-10/h4-5,7-9,12H,3,6H2,1-2H3. The number of hydrogen-bond donors (Lipinski definition) is 1. The molecule has 0 spiro atoms. The van der Waals surface area contributed by atoms with Gasteiger partial charge in [-0.05, 0) is 6.54 Å². The Morgan fingerprint density at radius 3 is 2.94 bits per heavy atom. The van der Waals surface area contributed by atoms with Gasteiger partial charge < -0.3 is 9.88 Å². The van der Waals surface area contributed by atoms with Crippen molar-refractivity contribution in [1.82, 2.24) is 19.9 Å². The normalized spacial score (nSPS) is 12.9. The first-order valence-electron chi connectivity index (χ1n) is 5.39. The molecule has 4 nitrogen and oxygen atoms in total. The van der Waals surface area contributed by atoms with Crippen LogP contribution in [0.15, 0.2) is 24.1 Å². The smallest absolute Gasteiger partial charge is 0.0947 e. The minimum atomic E-state index is 0.261. The summed E-state index contributed by atoms with van der Waals surface area (Å²) in [5, 5.41) is 6.60. The molecule has 2 aromatic heterocycles. The van der Waals surface area contributed by atoms with Gasteiger partial charge in [-0.15, -0.1) is 11.3 Å². The molecule has 1 N–H and O–H groups in total. The Balaban J connectivity index is 2.11. The molecule has 0 aromatic carbocycles. The molecule has 16 heavy (non-hydrogen) atoms. The highest BCUT2D eigenvalue weighted by molar-refractivity contribution is 7.09. The van der Waals surface area contributed by atoms with Gasteiger partial charge in [0.2, 0.25) is 0 Å². The van der Waals surface area contributed by atoms with Crippen LogP contribution in [0.5, 0.6) is 0 Å². The lowest BCUT2D eigenvalue weighted by Crippen LogP contribution is -2.23. The number of thiazole rings is 1. The van der Waals surface area contributed by atoms with Crippen molar-refractivity contribution in [3.63, 3.8) is 0 Å². The molecule has 0 fully saturated rings. The topological polar surface area (TPSA) is 42.7 Å². The number of hydrogen-bond acceptors (Lipinski definition) is 4. The summed E-state index contributed by atoms with van der Waals surface area (Å²) < 4.78 is 1.97. The molecule has 2 rings (SSSR count). The van der Waals surface area contributed by atoms with Crippen molar-refractivity contribution in [1.29, 1.82) is 0 Å². The van der Waals surface area contributed by atoms with E-state index >= 15 is 0 Å². The molecule has 0 amide bonds. The second-order valence-corrected chi connectivity index (χ2v) is 4.68. The van der Waals surface area contributed by atoms with Gasteiger partial charge in [-0.2, -0.15) is 0 Å². The second kappa shape index (κ2) is 5.23. The summed E-state index contributed by atoms with van der Waals surface area (Å²) in [6.07, 6.45) is 6.65. The lowest BCUT2D eigenvalue weighted by molar-refractivity contribution is 0.537. The molecule has 1 atom stereocenters. The first-order valence-corrected chi connectivity index (χ1v) is 6.27. The summed E-state index contributed by atoms with van der Waals surface area (Å²) in [6.45, 7) is 3.05. The fourth-order valence-corrected chi connectivity index (χ4v) is 2.33. The van der Waals surface area contributed by atoms with Gasteiger partial charge in [0.05, 0.1) is 23.1 Å². The maximum atomic E-state index is 4.39. The monoisotopic (exact) mass is 236 g/mol. The third kappa shape index (κ3) is 2.68. The Morgan fingerprint density at radius 2 is 2.38 bits per heavy atom. The molecular formula is C11H16N4S. The van der Waals surface area contributed by atoms with Gasteiger partial charge in [0.1, 0.15) is 0 Å². The zero-order valence-electron chi connectivity index (χ0n) is 9.55. The fraction of sp³-hybridized carbons (Fsp3) is 0.455. The number of likely N-dealkylation sites (N-methyl/N-ethyl adjacent to an activating group) is 1. The highest BCUT2D eigenvalue weighted by Gasteiger charge is 2.14. The van der Waals surface area contributed by atoms with Crippen LogP contribution < -0.4 is 5.32 Å². The van der Waals surface area contributed by atoms with Gasteiger partial charge in [-0.25, -0.2) is 9.97 Å². The number of rotatable bonds is 5. The SMILES string of the molecule is CCNC(Cc1nccs1)c1cn(C)cn1. The minimum Gasteiger partial charge on any atom is -0.340 e. The predicted molar refractivity (Wildman–Crippen MR) is 65.4 cm³/mol. The van der Waals surface area contributed by atoms with Crippen LogP contribution >= 0.6 is 11.3 Å². The van der Waals surface area contributed by atoms with Crippen molar-refractivity contribution < 1.29 is 0 Å². The van der Waals surface area contributed by atoms with Crippen LogP contribution in [0.3, 0.4) is 0 Å². The van der Waals surface area contributed by atoms with E-state index in [9.17, 15) is 0 Å². The molecule has 0 aliphatic carbocycles. The molecule has 2 aromatic rings. The van der Waals surface area contributed by atoms with Crippen molar-refractivity contribution in [2.24, 2.45) is 7.05 Å². The van der Waals surface area contributed by atoms with Crippen LogP contribution in [0.4, 0.5) is 0 Å². The van der Waals surface area contributed by atoms with E-state index < -0.39 is 0 Å². The van der Waals surface area contributed by atoms with Crippen molar-refractivity contribution in [2.45, 2.75) is 19.4 Å². The van der Waals surface area contributed by atoms with Crippen LogP contribution in [0, 0.1) is 0 Å². The first kappa shape index (κ1) is 11.3. The van der Waals surface area contributed by atoms with Crippen molar-refractivity contribution in [3.05, 3.63) is 34.8 Å². The molecule has 0 aliphatic rings. The van der Waals surface area contributed by atoms with Gasteiger partial charge in [0.15, 0.2) is 0 Å². The van der Waals surface area contributed by atoms with Gasteiger partial charge in [0, 0.05) is 31.2 Å². The summed E-state index contributed by atoms with van der Waals surface area (Å²) in [5.74, 6) is 0. The van der Waals surface area contributed by atoms with Crippen molar-refractivity contribution >= 4 is 11.3 Å². The Hall–Kier alpha value is -1.20. The largest absolute Gasteiger partial charge is 0.340 e. The lowest BCUT2D eigenvalue weighted by Gasteiger charge is -2.13. The Kier molecular flexibility index (Phi) is 3.69. The van der Waals surface area contributed by atoms with Crippen LogP contribution in [0.1, 0.15) is 23.7 Å². The number of aryl methyl sites for hydroxylation is 1. The highest BCUT2D eigenvalue weighted by Crippen LogP contribution is 2.17. The van der Waals surface area contributed by atoms with E-state index in [0.717, 1.165) is 23.7 Å². The molecule has 0 aliphatic heterocycles. The number of imidazole rings is 1. The molecule has 2 heterocycles. The molecule has 0 bridgehead atoms. The van der Waals surface area contributed by atoms with E-state index in [2.05, 4.69) is 28.4 Å². The summed E-state index contributed by atoms with van der Waals surface area (Å²) in [4.78, 5) is 8.71. The third-order valence-corrected chi connectivity index (χ3v) is 3.20. The fourth-order valence-electron chi connectivity index (χ4n) is 1.67. The average Bonchev–Trinajstić information content (AvgIpc) is 2.88. The minimum absolute atomic E-state index is 0.261. The molecular weight excluding hydrogens is 220 g/mol. The second-order valence-electron chi connectivity index (χ2n) is 3.70. The summed E-state index contributed by atoms with van der Waals surface area (Å²) >= 11 is 1.69. The van der Waals surface area contributed by atoms with E-state index in [1.165, 1.54) is 0 Å². The number of nitrogens with one attached hydrogen (secondary N) is 1. The summed E-state index contributed by atoms with van der Waals surface area (Å²) in [7, 11) is 1.99. The van der Waals surface area contributed by atoms with Gasteiger partial charge in [-0.3, -0.25) is 0 Å². The molecule has 0 radical (unpaired) electrons. The zero-order valence-corrected chi connectivity index (χ0v) is 10.4. The molecule has 0 saturated carbocycles. The molecule has 0 saturated heterocycles.